The Hall–Kier alpha value is -0.703. The molecule has 1 aromatic rings. The lowest BCUT2D eigenvalue weighted by molar-refractivity contribution is 0.510. The summed E-state index contributed by atoms with van der Waals surface area (Å²) in [5.41, 5.74) is 1.44. The Bertz CT molecular complexity index is 273. The molecule has 0 aliphatic rings. The standard InChI is InChI=1S/C10H19NOSi/c1-10(2,3)8-6-7-11-9(8)12-13(4)5/h6-7,11,13H,1-5H3. The molecule has 13 heavy (non-hydrogen) atoms. The van der Waals surface area contributed by atoms with Crippen molar-refractivity contribution in [1.29, 1.82) is 0 Å². The van der Waals surface area contributed by atoms with Crippen LogP contribution in [-0.4, -0.2) is 14.0 Å². The van der Waals surface area contributed by atoms with Gasteiger partial charge in [0, 0.05) is 11.8 Å². The molecule has 0 amide bonds. The van der Waals surface area contributed by atoms with Crippen LogP contribution in [0.15, 0.2) is 12.3 Å². The minimum Gasteiger partial charge on any atom is -0.535 e. The number of hydrogen-bond acceptors (Lipinski definition) is 1. The maximum Gasteiger partial charge on any atom is 0.231 e. The summed E-state index contributed by atoms with van der Waals surface area (Å²) in [6.45, 7) is 10.9. The highest BCUT2D eigenvalue weighted by atomic mass is 28.3. The zero-order valence-electron chi connectivity index (χ0n) is 9.14. The van der Waals surface area contributed by atoms with Crippen LogP contribution in [0.4, 0.5) is 0 Å². The van der Waals surface area contributed by atoms with Crippen LogP contribution in [0.3, 0.4) is 0 Å². The summed E-state index contributed by atoms with van der Waals surface area (Å²) in [7, 11) is -0.994. The van der Waals surface area contributed by atoms with E-state index in [2.05, 4.69) is 44.9 Å². The van der Waals surface area contributed by atoms with E-state index >= 15 is 0 Å². The molecule has 1 aromatic heterocycles. The highest BCUT2D eigenvalue weighted by Crippen LogP contribution is 2.30. The average molecular weight is 197 g/mol. The second-order valence-electron chi connectivity index (χ2n) is 4.64. The first-order chi connectivity index (χ1) is 5.91. The summed E-state index contributed by atoms with van der Waals surface area (Å²) in [6, 6.07) is 2.10. The fraction of sp³-hybridized carbons (Fsp3) is 0.600. The molecule has 3 heteroatoms. The van der Waals surface area contributed by atoms with Crippen molar-refractivity contribution in [2.45, 2.75) is 39.3 Å². The van der Waals surface area contributed by atoms with Gasteiger partial charge in [-0.1, -0.05) is 20.8 Å². The number of aromatic amines is 1. The van der Waals surface area contributed by atoms with Crippen molar-refractivity contribution >= 4 is 9.04 Å². The first-order valence-corrected chi connectivity index (χ1v) is 7.54. The summed E-state index contributed by atoms with van der Waals surface area (Å²) in [5, 5.41) is 0. The minimum absolute atomic E-state index is 0.165. The van der Waals surface area contributed by atoms with Crippen LogP contribution in [0.2, 0.25) is 13.1 Å². The van der Waals surface area contributed by atoms with Gasteiger partial charge in [0.15, 0.2) is 5.88 Å². The molecular weight excluding hydrogens is 178 g/mol. The molecule has 0 aliphatic carbocycles. The van der Waals surface area contributed by atoms with Crippen LogP contribution in [0, 0.1) is 0 Å². The Morgan fingerprint density at radius 2 is 1.92 bits per heavy atom. The third kappa shape index (κ3) is 2.62. The van der Waals surface area contributed by atoms with Gasteiger partial charge in [-0.25, -0.2) is 0 Å². The van der Waals surface area contributed by atoms with Crippen LogP contribution in [-0.2, 0) is 5.41 Å². The van der Waals surface area contributed by atoms with Gasteiger partial charge in [0.25, 0.3) is 0 Å². The number of H-pyrrole nitrogens is 1. The van der Waals surface area contributed by atoms with Crippen LogP contribution in [0.25, 0.3) is 0 Å². The third-order valence-corrected chi connectivity index (χ3v) is 2.58. The van der Waals surface area contributed by atoms with E-state index in [1.54, 1.807) is 0 Å². The fourth-order valence-corrected chi connectivity index (χ4v) is 1.94. The van der Waals surface area contributed by atoms with E-state index in [1.165, 1.54) is 5.56 Å². The van der Waals surface area contributed by atoms with Crippen molar-refractivity contribution < 1.29 is 4.43 Å². The van der Waals surface area contributed by atoms with Gasteiger partial charge in [0.1, 0.15) is 0 Å². The first kappa shape index (κ1) is 10.4. The molecule has 0 saturated heterocycles. The normalized spacial score (nSPS) is 12.2. The molecular formula is C10H19NOSi. The largest absolute Gasteiger partial charge is 0.535 e. The lowest BCUT2D eigenvalue weighted by Gasteiger charge is -2.20. The number of hydrogen-bond donors (Lipinski definition) is 1. The second-order valence-corrected chi connectivity index (χ2v) is 6.97. The van der Waals surface area contributed by atoms with E-state index in [4.69, 9.17) is 4.43 Å². The van der Waals surface area contributed by atoms with Gasteiger partial charge in [-0.15, -0.1) is 0 Å². The third-order valence-electron chi connectivity index (χ3n) is 1.87. The van der Waals surface area contributed by atoms with E-state index < -0.39 is 9.04 Å². The molecule has 0 unspecified atom stereocenters. The van der Waals surface area contributed by atoms with Crippen molar-refractivity contribution in [1.82, 2.24) is 4.98 Å². The van der Waals surface area contributed by atoms with Crippen LogP contribution < -0.4 is 4.43 Å². The van der Waals surface area contributed by atoms with E-state index in [0.717, 1.165) is 5.88 Å². The number of rotatable bonds is 2. The molecule has 2 nitrogen and oxygen atoms in total. The molecule has 1 N–H and O–H groups in total. The van der Waals surface area contributed by atoms with E-state index in [0.29, 0.717) is 0 Å². The number of aromatic nitrogens is 1. The lowest BCUT2D eigenvalue weighted by atomic mass is 9.89. The Kier molecular flexibility index (Phi) is 2.86. The molecule has 0 bridgehead atoms. The van der Waals surface area contributed by atoms with E-state index in [-0.39, 0.29) is 5.41 Å². The highest BCUT2D eigenvalue weighted by molar-refractivity contribution is 6.49. The molecule has 0 aliphatic heterocycles. The summed E-state index contributed by atoms with van der Waals surface area (Å²) in [4.78, 5) is 3.16. The topological polar surface area (TPSA) is 25.0 Å². The monoisotopic (exact) mass is 197 g/mol. The Balaban J connectivity index is 2.90. The van der Waals surface area contributed by atoms with E-state index in [1.807, 2.05) is 6.20 Å². The van der Waals surface area contributed by atoms with Gasteiger partial charge in [-0.05, 0) is 24.6 Å². The minimum atomic E-state index is -0.994. The zero-order chi connectivity index (χ0) is 10.1. The van der Waals surface area contributed by atoms with Crippen LogP contribution in [0.5, 0.6) is 5.88 Å². The predicted molar refractivity (Wildman–Crippen MR) is 59.0 cm³/mol. The molecule has 0 radical (unpaired) electrons. The van der Waals surface area contributed by atoms with Crippen LogP contribution in [0.1, 0.15) is 26.3 Å². The van der Waals surface area contributed by atoms with Crippen molar-refractivity contribution in [3.8, 4) is 5.88 Å². The quantitative estimate of drug-likeness (QED) is 0.724. The lowest BCUT2D eigenvalue weighted by Crippen LogP contribution is -2.17. The van der Waals surface area contributed by atoms with Gasteiger partial charge < -0.3 is 9.41 Å². The Labute approximate surface area is 82.0 Å². The molecule has 74 valence electrons. The molecule has 0 saturated carbocycles. The first-order valence-electron chi connectivity index (χ1n) is 4.76. The SMILES string of the molecule is C[SiH](C)Oc1[nH]ccc1C(C)(C)C. The maximum absolute atomic E-state index is 5.80. The van der Waals surface area contributed by atoms with Crippen molar-refractivity contribution in [3.05, 3.63) is 17.8 Å². The van der Waals surface area contributed by atoms with E-state index in [9.17, 15) is 0 Å². The van der Waals surface area contributed by atoms with Gasteiger partial charge >= 0.3 is 0 Å². The van der Waals surface area contributed by atoms with Gasteiger partial charge in [-0.2, -0.15) is 0 Å². The summed E-state index contributed by atoms with van der Waals surface area (Å²) < 4.78 is 5.80. The van der Waals surface area contributed by atoms with Crippen molar-refractivity contribution in [2.24, 2.45) is 0 Å². The molecule has 0 aromatic carbocycles. The van der Waals surface area contributed by atoms with Crippen LogP contribution >= 0.6 is 0 Å². The van der Waals surface area contributed by atoms with Gasteiger partial charge in [-0.3, -0.25) is 0 Å². The molecule has 0 atom stereocenters. The second kappa shape index (κ2) is 3.58. The summed E-state index contributed by atoms with van der Waals surface area (Å²) in [6.07, 6.45) is 1.95. The molecule has 1 rings (SSSR count). The Morgan fingerprint density at radius 1 is 1.31 bits per heavy atom. The fourth-order valence-electron chi connectivity index (χ4n) is 1.28. The smallest absolute Gasteiger partial charge is 0.231 e. The molecule has 0 spiro atoms. The average Bonchev–Trinajstić information content (AvgIpc) is 2.31. The molecule has 0 fully saturated rings. The van der Waals surface area contributed by atoms with Gasteiger partial charge in [0.05, 0.1) is 0 Å². The van der Waals surface area contributed by atoms with Crippen molar-refractivity contribution in [2.75, 3.05) is 0 Å². The molecule has 1 heterocycles. The maximum atomic E-state index is 5.80. The summed E-state index contributed by atoms with van der Waals surface area (Å²) >= 11 is 0. The summed E-state index contributed by atoms with van der Waals surface area (Å²) in [5.74, 6) is 0.967. The number of nitrogens with one attached hydrogen (secondary N) is 1. The predicted octanol–water partition coefficient (Wildman–Crippen LogP) is 2.67. The van der Waals surface area contributed by atoms with Gasteiger partial charge in [0.2, 0.25) is 9.04 Å². The van der Waals surface area contributed by atoms with Crippen molar-refractivity contribution in [3.63, 3.8) is 0 Å². The Morgan fingerprint density at radius 3 is 2.38 bits per heavy atom. The highest BCUT2D eigenvalue weighted by Gasteiger charge is 2.20. The zero-order valence-corrected chi connectivity index (χ0v) is 10.3.